The van der Waals surface area contributed by atoms with Crippen molar-refractivity contribution in [1.82, 2.24) is 9.29 Å². The van der Waals surface area contributed by atoms with Crippen LogP contribution >= 0.6 is 0 Å². The van der Waals surface area contributed by atoms with Crippen LogP contribution in [0.2, 0.25) is 0 Å². The molecule has 0 aliphatic carbocycles. The maximum atomic E-state index is 12.7. The smallest absolute Gasteiger partial charge is 0.244 e. The second-order valence-corrected chi connectivity index (χ2v) is 6.80. The Kier molecular flexibility index (Phi) is 4.95. The van der Waals surface area contributed by atoms with Gasteiger partial charge in [0, 0.05) is 32.4 Å². The van der Waals surface area contributed by atoms with Crippen LogP contribution in [0.3, 0.4) is 0 Å². The van der Waals surface area contributed by atoms with E-state index in [0.29, 0.717) is 18.8 Å². The summed E-state index contributed by atoms with van der Waals surface area (Å²) < 4.78 is 26.8. The molecule has 0 radical (unpaired) electrons. The van der Waals surface area contributed by atoms with Crippen molar-refractivity contribution < 1.29 is 13.5 Å². The lowest BCUT2D eigenvalue weighted by Crippen LogP contribution is -2.44. The number of hydrogen-bond acceptors (Lipinski definition) is 5. The standard InChI is InChI=1S/C13H21N3O3S/c1-14-13-6-5-12(10-15-13)20(18,19)16-8-3-2-4-11(16)7-9-17/h5-6,10-11,17H,2-4,7-9H2,1H3,(H,14,15). The number of aliphatic hydroxyl groups excluding tert-OH is 1. The van der Waals surface area contributed by atoms with Gasteiger partial charge in [-0.15, -0.1) is 0 Å². The summed E-state index contributed by atoms with van der Waals surface area (Å²) >= 11 is 0. The van der Waals surface area contributed by atoms with Crippen LogP contribution in [0, 0.1) is 0 Å². The summed E-state index contributed by atoms with van der Waals surface area (Å²) in [5.41, 5.74) is 0. The Morgan fingerprint density at radius 2 is 2.25 bits per heavy atom. The molecular weight excluding hydrogens is 278 g/mol. The van der Waals surface area contributed by atoms with Crippen molar-refractivity contribution in [2.24, 2.45) is 0 Å². The van der Waals surface area contributed by atoms with Crippen LogP contribution in [0.5, 0.6) is 0 Å². The number of anilines is 1. The highest BCUT2D eigenvalue weighted by atomic mass is 32.2. The minimum absolute atomic E-state index is 0.00757. The van der Waals surface area contributed by atoms with Crippen molar-refractivity contribution in [3.05, 3.63) is 18.3 Å². The van der Waals surface area contributed by atoms with Gasteiger partial charge in [-0.1, -0.05) is 6.42 Å². The predicted molar refractivity (Wildman–Crippen MR) is 77.0 cm³/mol. The molecule has 6 nitrogen and oxygen atoms in total. The molecule has 2 heterocycles. The number of nitrogens with zero attached hydrogens (tertiary/aromatic N) is 2. The van der Waals surface area contributed by atoms with Gasteiger partial charge in [0.15, 0.2) is 0 Å². The molecule has 1 aliphatic heterocycles. The van der Waals surface area contributed by atoms with Gasteiger partial charge >= 0.3 is 0 Å². The van der Waals surface area contributed by atoms with Gasteiger partial charge in [0.1, 0.15) is 10.7 Å². The van der Waals surface area contributed by atoms with Gasteiger partial charge in [0.25, 0.3) is 0 Å². The molecule has 7 heteroatoms. The van der Waals surface area contributed by atoms with E-state index in [1.165, 1.54) is 10.5 Å². The number of pyridine rings is 1. The maximum absolute atomic E-state index is 12.7. The Morgan fingerprint density at radius 3 is 2.85 bits per heavy atom. The van der Waals surface area contributed by atoms with Crippen molar-refractivity contribution >= 4 is 15.8 Å². The summed E-state index contributed by atoms with van der Waals surface area (Å²) in [6, 6.07) is 3.11. The summed E-state index contributed by atoms with van der Waals surface area (Å²) in [5, 5.41) is 12.0. The van der Waals surface area contributed by atoms with Crippen LogP contribution in [0.25, 0.3) is 0 Å². The highest BCUT2D eigenvalue weighted by Gasteiger charge is 2.33. The zero-order valence-corrected chi connectivity index (χ0v) is 12.4. The summed E-state index contributed by atoms with van der Waals surface area (Å²) in [6.45, 7) is 0.522. The third-order valence-electron chi connectivity index (χ3n) is 3.63. The Labute approximate surface area is 119 Å². The van der Waals surface area contributed by atoms with Crippen molar-refractivity contribution in [3.63, 3.8) is 0 Å². The topological polar surface area (TPSA) is 82.5 Å². The van der Waals surface area contributed by atoms with Gasteiger partial charge in [0.2, 0.25) is 10.0 Å². The molecule has 1 saturated heterocycles. The van der Waals surface area contributed by atoms with Crippen molar-refractivity contribution in [3.8, 4) is 0 Å². The first-order valence-electron chi connectivity index (χ1n) is 6.86. The van der Waals surface area contributed by atoms with E-state index in [9.17, 15) is 8.42 Å². The van der Waals surface area contributed by atoms with Gasteiger partial charge in [-0.25, -0.2) is 13.4 Å². The number of nitrogens with one attached hydrogen (secondary N) is 1. The summed E-state index contributed by atoms with van der Waals surface area (Å²) in [4.78, 5) is 4.27. The maximum Gasteiger partial charge on any atom is 0.244 e. The Hall–Kier alpha value is -1.18. The van der Waals surface area contributed by atoms with Gasteiger partial charge in [-0.05, 0) is 31.4 Å². The first-order valence-corrected chi connectivity index (χ1v) is 8.30. The van der Waals surface area contributed by atoms with Gasteiger partial charge in [-0.3, -0.25) is 0 Å². The molecule has 0 saturated carbocycles. The van der Waals surface area contributed by atoms with Crippen LogP contribution in [0.15, 0.2) is 23.2 Å². The Morgan fingerprint density at radius 1 is 1.45 bits per heavy atom. The predicted octanol–water partition coefficient (Wildman–Crippen LogP) is 1.05. The number of piperidine rings is 1. The number of rotatable bonds is 5. The summed E-state index contributed by atoms with van der Waals surface area (Å²) in [6.07, 6.45) is 4.55. The van der Waals surface area contributed by atoms with Crippen LogP contribution in [-0.2, 0) is 10.0 Å². The molecule has 0 spiro atoms. The molecule has 1 aliphatic rings. The first kappa shape index (κ1) is 15.2. The third kappa shape index (κ3) is 3.11. The molecule has 1 unspecified atom stereocenters. The fraction of sp³-hybridized carbons (Fsp3) is 0.615. The average Bonchev–Trinajstić information content (AvgIpc) is 2.48. The summed E-state index contributed by atoms with van der Waals surface area (Å²) in [7, 11) is -1.79. The monoisotopic (exact) mass is 299 g/mol. The fourth-order valence-electron chi connectivity index (χ4n) is 2.54. The highest BCUT2D eigenvalue weighted by Crippen LogP contribution is 2.26. The minimum atomic E-state index is -3.53. The zero-order chi connectivity index (χ0) is 14.6. The molecule has 2 rings (SSSR count). The largest absolute Gasteiger partial charge is 0.396 e. The van der Waals surface area contributed by atoms with E-state index in [4.69, 9.17) is 5.11 Å². The number of aromatic nitrogens is 1. The lowest BCUT2D eigenvalue weighted by molar-refractivity contribution is 0.192. The highest BCUT2D eigenvalue weighted by molar-refractivity contribution is 7.89. The lowest BCUT2D eigenvalue weighted by atomic mass is 10.0. The van der Waals surface area contributed by atoms with Crippen LogP contribution < -0.4 is 5.32 Å². The SMILES string of the molecule is CNc1ccc(S(=O)(=O)N2CCCCC2CCO)cn1. The Bertz CT molecular complexity index is 528. The van der Waals surface area contributed by atoms with E-state index in [-0.39, 0.29) is 17.5 Å². The molecule has 2 N–H and O–H groups in total. The van der Waals surface area contributed by atoms with Gasteiger partial charge in [0.05, 0.1) is 0 Å². The second-order valence-electron chi connectivity index (χ2n) is 4.91. The van der Waals surface area contributed by atoms with Crippen LogP contribution in [0.1, 0.15) is 25.7 Å². The fourth-order valence-corrected chi connectivity index (χ4v) is 4.21. The number of aliphatic hydroxyl groups is 1. The molecule has 1 aromatic rings. The average molecular weight is 299 g/mol. The van der Waals surface area contributed by atoms with Crippen molar-refractivity contribution in [2.75, 3.05) is 25.5 Å². The minimum Gasteiger partial charge on any atom is -0.396 e. The van der Waals surface area contributed by atoms with Gasteiger partial charge in [-0.2, -0.15) is 4.31 Å². The van der Waals surface area contributed by atoms with E-state index >= 15 is 0 Å². The van der Waals surface area contributed by atoms with E-state index in [1.807, 2.05) is 0 Å². The van der Waals surface area contributed by atoms with E-state index in [0.717, 1.165) is 19.3 Å². The first-order chi connectivity index (χ1) is 9.59. The van der Waals surface area contributed by atoms with E-state index in [2.05, 4.69) is 10.3 Å². The third-order valence-corrected chi connectivity index (χ3v) is 5.57. The van der Waals surface area contributed by atoms with Crippen molar-refractivity contribution in [2.45, 2.75) is 36.6 Å². The quantitative estimate of drug-likeness (QED) is 0.849. The van der Waals surface area contributed by atoms with E-state index < -0.39 is 10.0 Å². The molecule has 0 amide bonds. The molecule has 112 valence electrons. The lowest BCUT2D eigenvalue weighted by Gasteiger charge is -2.34. The number of sulfonamides is 1. The summed E-state index contributed by atoms with van der Waals surface area (Å²) in [5.74, 6) is 0.634. The molecular formula is C13H21N3O3S. The number of hydrogen-bond donors (Lipinski definition) is 2. The van der Waals surface area contributed by atoms with Crippen molar-refractivity contribution in [1.29, 1.82) is 0 Å². The molecule has 1 fully saturated rings. The zero-order valence-electron chi connectivity index (χ0n) is 11.6. The van der Waals surface area contributed by atoms with Crippen LogP contribution in [0.4, 0.5) is 5.82 Å². The molecule has 0 bridgehead atoms. The second kappa shape index (κ2) is 6.51. The van der Waals surface area contributed by atoms with E-state index in [1.54, 1.807) is 19.2 Å². The molecule has 1 aromatic heterocycles. The normalized spacial score (nSPS) is 20.8. The molecule has 1 atom stereocenters. The molecule has 0 aromatic carbocycles. The van der Waals surface area contributed by atoms with Gasteiger partial charge < -0.3 is 10.4 Å². The van der Waals surface area contributed by atoms with Crippen LogP contribution in [-0.4, -0.2) is 49.1 Å². The Balaban J connectivity index is 2.26. The molecule has 20 heavy (non-hydrogen) atoms.